The Bertz CT molecular complexity index is 477. The monoisotopic (exact) mass is 176 g/mol. The zero-order chi connectivity index (χ0) is 14.2. The van der Waals surface area contributed by atoms with E-state index in [1.807, 2.05) is 0 Å². The summed E-state index contributed by atoms with van der Waals surface area (Å²) in [4.78, 5) is 0. The highest BCUT2D eigenvalue weighted by Crippen LogP contribution is 2.09. The lowest BCUT2D eigenvalue weighted by atomic mass is 9.80. The Balaban J connectivity index is 3.52. The second-order valence-electron chi connectivity index (χ2n) is 1.91. The maximum Gasteiger partial charge on any atom is 0.488 e. The summed E-state index contributed by atoms with van der Waals surface area (Å²) in [5, 5.41) is 17.8. The highest BCUT2D eigenvalue weighted by atomic mass is 19.1. The van der Waals surface area contributed by atoms with E-state index < -0.39 is 49.3 Å². The van der Waals surface area contributed by atoms with E-state index in [2.05, 4.69) is 4.74 Å². The van der Waals surface area contributed by atoms with Crippen molar-refractivity contribution in [2.45, 2.75) is 0 Å². The van der Waals surface area contributed by atoms with Crippen LogP contribution in [0.3, 0.4) is 0 Å². The van der Waals surface area contributed by atoms with Crippen LogP contribution in [-0.2, 0) is 0 Å². The van der Waals surface area contributed by atoms with Gasteiger partial charge in [-0.1, -0.05) is 0 Å². The van der Waals surface area contributed by atoms with Crippen molar-refractivity contribution in [3.05, 3.63) is 23.9 Å². The zero-order valence-electron chi connectivity index (χ0n) is 11.8. The minimum absolute atomic E-state index is 0.859. The summed E-state index contributed by atoms with van der Waals surface area (Å²) in [6.07, 6.45) is 0. The number of rotatable bonds is 2. The van der Waals surface area contributed by atoms with Crippen molar-refractivity contribution < 1.29 is 27.4 Å². The van der Waals surface area contributed by atoms with Gasteiger partial charge in [-0.2, -0.15) is 0 Å². The van der Waals surface area contributed by atoms with Crippen molar-refractivity contribution in [1.82, 2.24) is 0 Å². The minimum atomic E-state index is -3.03. The lowest BCUT2D eigenvalue weighted by Crippen LogP contribution is -2.30. The molecule has 1 aromatic rings. The first kappa shape index (κ1) is 3.76. The predicted molar refractivity (Wildman–Crippen MR) is 42.8 cm³/mol. The maximum absolute atomic E-state index is 13.4. The molecule has 1 rings (SSSR count). The molecule has 1 aromatic carbocycles. The van der Waals surface area contributed by atoms with Crippen molar-refractivity contribution in [2.24, 2.45) is 0 Å². The number of ether oxygens (including phenoxy) is 1. The van der Waals surface area contributed by atoms with Gasteiger partial charge in [0.25, 0.3) is 0 Å². The van der Waals surface area contributed by atoms with Gasteiger partial charge in [-0.3, -0.25) is 0 Å². The maximum atomic E-state index is 13.4. The molecule has 0 fully saturated rings. The second-order valence-corrected chi connectivity index (χ2v) is 1.91. The van der Waals surface area contributed by atoms with Crippen LogP contribution < -0.4 is 10.2 Å². The van der Waals surface area contributed by atoms with E-state index in [9.17, 15) is 4.39 Å². The fourth-order valence-corrected chi connectivity index (χ4v) is 0.614. The Morgan fingerprint density at radius 3 is 2.92 bits per heavy atom. The van der Waals surface area contributed by atoms with Gasteiger partial charge in [-0.15, -0.1) is 0 Å². The third-order valence-electron chi connectivity index (χ3n) is 1.08. The van der Waals surface area contributed by atoms with Crippen molar-refractivity contribution in [1.29, 1.82) is 0 Å². The highest BCUT2D eigenvalue weighted by Gasteiger charge is 2.12. The molecule has 0 radical (unpaired) electrons. The normalized spacial score (nSPS) is 17.9. The average molecular weight is 176 g/mol. The number of hydrogen-bond acceptors (Lipinski definition) is 3. The van der Waals surface area contributed by atoms with Crippen LogP contribution >= 0.6 is 0 Å². The quantitative estimate of drug-likeness (QED) is 0.598. The largest absolute Gasteiger partial charge is 0.497 e. The lowest BCUT2D eigenvalue weighted by molar-refractivity contribution is 0.408. The van der Waals surface area contributed by atoms with Crippen LogP contribution in [-0.4, -0.2) is 24.2 Å². The molecule has 0 aliphatic carbocycles. The third-order valence-corrected chi connectivity index (χ3v) is 1.08. The second kappa shape index (κ2) is 3.56. The zero-order valence-corrected chi connectivity index (χ0v) is 5.76. The van der Waals surface area contributed by atoms with Crippen molar-refractivity contribution >= 4 is 12.6 Å². The summed E-state index contributed by atoms with van der Waals surface area (Å²) in [5.74, 6) is -2.46. The van der Waals surface area contributed by atoms with E-state index in [-0.39, 0.29) is 0 Å². The first-order valence-electron chi connectivity index (χ1n) is 5.90. The number of benzene rings is 1. The summed E-state index contributed by atoms with van der Waals surface area (Å²) >= 11 is 0. The molecule has 2 N–H and O–H groups in total. The molecule has 0 aromatic heterocycles. The van der Waals surface area contributed by atoms with E-state index in [1.165, 1.54) is 0 Å². The van der Waals surface area contributed by atoms with Crippen LogP contribution in [0.15, 0.2) is 18.1 Å². The summed E-state index contributed by atoms with van der Waals surface area (Å²) < 4.78 is 60.0. The van der Waals surface area contributed by atoms with Gasteiger partial charge < -0.3 is 14.8 Å². The highest BCUT2D eigenvalue weighted by molar-refractivity contribution is 6.58. The van der Waals surface area contributed by atoms with Crippen LogP contribution in [0.25, 0.3) is 0 Å². The van der Waals surface area contributed by atoms with E-state index in [0.717, 1.165) is 0 Å². The van der Waals surface area contributed by atoms with E-state index >= 15 is 0 Å². The molecule has 0 unspecified atom stereocenters. The van der Waals surface area contributed by atoms with Gasteiger partial charge in [0.15, 0.2) is 0 Å². The average Bonchev–Trinajstić information content (AvgIpc) is 2.20. The molecular weight excluding hydrogens is 162 g/mol. The Labute approximate surface area is 78.0 Å². The van der Waals surface area contributed by atoms with E-state index in [0.29, 0.717) is 0 Å². The molecule has 64 valence electrons. The SMILES string of the molecule is [2H]c1c(F)c([2H])c(B(O)O)c([2H])c1OC([2H])([2H])[2H]. The molecule has 0 atom stereocenters. The van der Waals surface area contributed by atoms with Gasteiger partial charge in [-0.05, 0) is 17.5 Å². The first-order valence-corrected chi connectivity index (χ1v) is 2.90. The van der Waals surface area contributed by atoms with Gasteiger partial charge in [0.1, 0.15) is 11.6 Å². The number of hydrogen-bond donors (Lipinski definition) is 2. The smallest absolute Gasteiger partial charge is 0.488 e. The van der Waals surface area contributed by atoms with Crippen LogP contribution in [0.2, 0.25) is 0 Å². The molecule has 12 heavy (non-hydrogen) atoms. The fourth-order valence-electron chi connectivity index (χ4n) is 0.614. The molecule has 0 aliphatic rings. The summed E-state index contributed by atoms with van der Waals surface area (Å²) in [7, 11) is -5.38. The number of halogens is 1. The van der Waals surface area contributed by atoms with Crippen molar-refractivity contribution in [2.75, 3.05) is 7.04 Å². The molecule has 0 heterocycles. The molecule has 0 saturated heterocycles. The van der Waals surface area contributed by atoms with Crippen LogP contribution in [0.4, 0.5) is 4.39 Å². The number of methoxy groups -OCH3 is 1. The van der Waals surface area contributed by atoms with E-state index in [4.69, 9.17) is 18.3 Å². The predicted octanol–water partition coefficient (Wildman–Crippen LogP) is -0.486. The first-order chi connectivity index (χ1) is 8.06. The Morgan fingerprint density at radius 2 is 2.33 bits per heavy atom. The van der Waals surface area contributed by atoms with Crippen LogP contribution in [0.5, 0.6) is 5.75 Å². The van der Waals surface area contributed by atoms with Crippen molar-refractivity contribution in [3.63, 3.8) is 0 Å². The van der Waals surface area contributed by atoms with Gasteiger partial charge in [-0.25, -0.2) is 4.39 Å². The Hall–Kier alpha value is -1.07. The van der Waals surface area contributed by atoms with E-state index in [1.54, 1.807) is 0 Å². The fraction of sp³-hybridized carbons (Fsp3) is 0.143. The molecule has 0 amide bonds. The molecule has 5 heteroatoms. The summed E-state index contributed by atoms with van der Waals surface area (Å²) in [6, 6.07) is -3.07. The van der Waals surface area contributed by atoms with Gasteiger partial charge in [0, 0.05) is 6.04 Å². The van der Waals surface area contributed by atoms with Crippen LogP contribution in [0.1, 0.15) is 8.22 Å². The molecular formula is C7H8BFO3. The van der Waals surface area contributed by atoms with Crippen molar-refractivity contribution in [3.8, 4) is 5.75 Å². The van der Waals surface area contributed by atoms with Crippen LogP contribution in [0, 0.1) is 5.82 Å². The Kier molecular flexibility index (Phi) is 1.12. The lowest BCUT2D eigenvalue weighted by Gasteiger charge is -2.03. The molecule has 0 saturated carbocycles. The minimum Gasteiger partial charge on any atom is -0.497 e. The summed E-state index contributed by atoms with van der Waals surface area (Å²) in [5.41, 5.74) is -0.859. The Morgan fingerprint density at radius 1 is 1.58 bits per heavy atom. The summed E-state index contributed by atoms with van der Waals surface area (Å²) in [6.45, 7) is 0. The molecule has 3 nitrogen and oxygen atoms in total. The standard InChI is InChI=1S/C7H8BFO3/c1-12-7-3-5(8(10)11)2-6(9)4-7/h2-4,10-11H,1H3/i1D3,2D,3D,4D. The van der Waals surface area contributed by atoms with Gasteiger partial charge in [0.2, 0.25) is 0 Å². The van der Waals surface area contributed by atoms with Gasteiger partial charge in [0.05, 0.1) is 15.3 Å². The molecule has 0 bridgehead atoms. The van der Waals surface area contributed by atoms with Gasteiger partial charge >= 0.3 is 7.12 Å². The molecule has 0 aliphatic heterocycles. The molecule has 0 spiro atoms. The third kappa shape index (κ3) is 1.96. The topological polar surface area (TPSA) is 49.7 Å².